The second-order valence-electron chi connectivity index (χ2n) is 9.76. The monoisotopic (exact) mass is 649 g/mol. The van der Waals surface area contributed by atoms with Gasteiger partial charge in [0.1, 0.15) is 24.5 Å². The van der Waals surface area contributed by atoms with Crippen molar-refractivity contribution in [2.45, 2.75) is 58.1 Å². The fourth-order valence-electron chi connectivity index (χ4n) is 4.90. The molecular formula is C30H35NO9S3. The number of nitrogens with one attached hydrogen (secondary N) is 1. The number of carbonyl (C=O) groups is 4. The van der Waals surface area contributed by atoms with Gasteiger partial charge in [-0.15, -0.1) is 0 Å². The van der Waals surface area contributed by atoms with Crippen LogP contribution in [-0.4, -0.2) is 66.5 Å². The number of thioether (sulfide) groups is 3. The highest BCUT2D eigenvalue weighted by molar-refractivity contribution is 8.26. The van der Waals surface area contributed by atoms with Crippen molar-refractivity contribution in [1.82, 2.24) is 0 Å². The predicted molar refractivity (Wildman–Crippen MR) is 168 cm³/mol. The number of fused-ring (bicyclic) bond motifs is 3. The highest BCUT2D eigenvalue weighted by Gasteiger charge is 2.60. The van der Waals surface area contributed by atoms with Crippen molar-refractivity contribution in [2.75, 3.05) is 38.4 Å². The van der Waals surface area contributed by atoms with Crippen molar-refractivity contribution in [3.05, 3.63) is 49.0 Å². The minimum Gasteiger partial charge on any atom is -0.494 e. The van der Waals surface area contributed by atoms with E-state index in [0.717, 1.165) is 41.0 Å². The molecule has 0 saturated carbocycles. The molecule has 3 aliphatic rings. The van der Waals surface area contributed by atoms with E-state index in [4.69, 9.17) is 23.7 Å². The van der Waals surface area contributed by atoms with Crippen LogP contribution in [0.15, 0.2) is 43.4 Å². The molecule has 1 N–H and O–H groups in total. The number of rotatable bonds is 10. The normalized spacial score (nSPS) is 18.0. The average Bonchev–Trinajstić information content (AvgIpc) is 3.34. The fraction of sp³-hybridized carbons (Fsp3) is 0.467. The highest BCUT2D eigenvalue weighted by atomic mass is 32.2. The zero-order chi connectivity index (χ0) is 31.5. The number of carbonyl (C=O) groups excluding carboxylic acids is 4. The van der Waals surface area contributed by atoms with Gasteiger partial charge in [0.15, 0.2) is 0 Å². The zero-order valence-electron chi connectivity index (χ0n) is 25.2. The number of hydrogen-bond donors (Lipinski definition) is 1. The molecule has 13 heteroatoms. The Morgan fingerprint density at radius 1 is 0.721 bits per heavy atom. The SMILES string of the molecule is CCOC(=O)C1=C(C(=O)OCC)SC2(S1)C(C(=O)OCC)=C(C(=O)OCC)SC1=C2c2ccc(OCC)cc2NC1(C)C. The lowest BCUT2D eigenvalue weighted by molar-refractivity contribution is -0.141. The maximum absolute atomic E-state index is 13.9. The summed E-state index contributed by atoms with van der Waals surface area (Å²) in [4.78, 5) is 54.9. The Hall–Kier alpha value is -3.03. The summed E-state index contributed by atoms with van der Waals surface area (Å²) >= 11 is 3.09. The summed E-state index contributed by atoms with van der Waals surface area (Å²) in [5.41, 5.74) is 1.29. The van der Waals surface area contributed by atoms with Gasteiger partial charge in [-0.3, -0.25) is 0 Å². The van der Waals surface area contributed by atoms with Crippen molar-refractivity contribution >= 4 is 70.4 Å². The van der Waals surface area contributed by atoms with Crippen molar-refractivity contribution < 1.29 is 42.9 Å². The van der Waals surface area contributed by atoms with Crippen LogP contribution in [0.4, 0.5) is 5.69 Å². The third kappa shape index (κ3) is 6.03. The predicted octanol–water partition coefficient (Wildman–Crippen LogP) is 5.64. The molecule has 43 heavy (non-hydrogen) atoms. The molecule has 0 bridgehead atoms. The lowest BCUT2D eigenvalue weighted by Gasteiger charge is -2.46. The van der Waals surface area contributed by atoms with Crippen LogP contribution in [0, 0.1) is 0 Å². The third-order valence-electron chi connectivity index (χ3n) is 6.46. The first-order valence-electron chi connectivity index (χ1n) is 14.0. The number of ether oxygens (including phenoxy) is 5. The van der Waals surface area contributed by atoms with E-state index in [1.54, 1.807) is 27.7 Å². The largest absolute Gasteiger partial charge is 0.494 e. The van der Waals surface area contributed by atoms with Gasteiger partial charge in [0.25, 0.3) is 0 Å². The number of hydrogen-bond acceptors (Lipinski definition) is 13. The first-order valence-corrected chi connectivity index (χ1v) is 16.5. The lowest BCUT2D eigenvalue weighted by Crippen LogP contribution is -2.44. The summed E-state index contributed by atoms with van der Waals surface area (Å²) < 4.78 is 25.9. The van der Waals surface area contributed by atoms with Crippen LogP contribution in [0.2, 0.25) is 0 Å². The molecule has 1 aromatic rings. The second-order valence-corrected chi connectivity index (χ2v) is 13.5. The Morgan fingerprint density at radius 2 is 1.23 bits per heavy atom. The van der Waals surface area contributed by atoms with Gasteiger partial charge in [-0.2, -0.15) is 0 Å². The molecule has 0 radical (unpaired) electrons. The van der Waals surface area contributed by atoms with Gasteiger partial charge in [-0.1, -0.05) is 35.3 Å². The van der Waals surface area contributed by atoms with E-state index in [1.165, 1.54) is 0 Å². The van der Waals surface area contributed by atoms with Gasteiger partial charge in [0, 0.05) is 27.8 Å². The number of esters is 4. The Bertz CT molecular complexity index is 1410. The second kappa shape index (κ2) is 13.3. The molecule has 0 aliphatic carbocycles. The Balaban J connectivity index is 2.09. The van der Waals surface area contributed by atoms with Gasteiger partial charge in [-0.25, -0.2) is 19.2 Å². The standard InChI is InChI=1S/C30H35NO9S3/c1-8-36-16-13-14-17-18(15-16)31-29(6,7)24-19(17)30(20(25(32)37-9-2)21(41-24)26(33)38-10-3)42-22(27(34)39-11-4)23(43-30)28(35)40-12-5/h13-15,31H,8-12H2,1-7H3. The quantitative estimate of drug-likeness (QED) is 0.248. The van der Waals surface area contributed by atoms with Crippen LogP contribution in [0.5, 0.6) is 5.75 Å². The fourth-order valence-corrected chi connectivity index (χ4v) is 9.85. The number of benzene rings is 1. The molecule has 1 spiro atoms. The molecule has 3 heterocycles. The number of anilines is 1. The topological polar surface area (TPSA) is 126 Å². The average molecular weight is 650 g/mol. The molecule has 232 valence electrons. The molecule has 0 saturated heterocycles. The van der Waals surface area contributed by atoms with E-state index in [1.807, 2.05) is 39.0 Å². The zero-order valence-corrected chi connectivity index (χ0v) is 27.6. The summed E-state index contributed by atoms with van der Waals surface area (Å²) in [5.74, 6) is -2.30. The first kappa shape index (κ1) is 32.9. The van der Waals surface area contributed by atoms with E-state index >= 15 is 0 Å². The maximum Gasteiger partial charge on any atom is 0.346 e. The minimum atomic E-state index is -1.51. The molecule has 4 rings (SSSR count). The summed E-state index contributed by atoms with van der Waals surface area (Å²) in [5, 5.41) is 3.54. The van der Waals surface area contributed by atoms with Gasteiger partial charge >= 0.3 is 23.9 Å². The summed E-state index contributed by atoms with van der Waals surface area (Å²) in [6.07, 6.45) is 0. The first-order chi connectivity index (χ1) is 20.5. The smallest absolute Gasteiger partial charge is 0.346 e. The summed E-state index contributed by atoms with van der Waals surface area (Å²) in [6.45, 7) is 13.2. The van der Waals surface area contributed by atoms with E-state index in [0.29, 0.717) is 28.4 Å². The molecule has 0 amide bonds. The van der Waals surface area contributed by atoms with Crippen molar-refractivity contribution in [3.63, 3.8) is 0 Å². The van der Waals surface area contributed by atoms with Crippen LogP contribution in [-0.2, 0) is 38.1 Å². The lowest BCUT2D eigenvalue weighted by atomic mass is 9.85. The van der Waals surface area contributed by atoms with E-state index in [2.05, 4.69) is 5.32 Å². The summed E-state index contributed by atoms with van der Waals surface area (Å²) in [7, 11) is 0. The molecule has 10 nitrogen and oxygen atoms in total. The maximum atomic E-state index is 13.9. The molecule has 0 fully saturated rings. The van der Waals surface area contributed by atoms with Crippen LogP contribution < -0.4 is 10.1 Å². The van der Waals surface area contributed by atoms with E-state index in [-0.39, 0.29) is 46.7 Å². The highest BCUT2D eigenvalue weighted by Crippen LogP contribution is 2.70. The van der Waals surface area contributed by atoms with E-state index < -0.39 is 33.5 Å². The Morgan fingerprint density at radius 3 is 1.74 bits per heavy atom. The van der Waals surface area contributed by atoms with Gasteiger partial charge in [0.05, 0.1) is 44.1 Å². The van der Waals surface area contributed by atoms with Gasteiger partial charge in [0.2, 0.25) is 0 Å². The molecule has 1 aromatic carbocycles. The van der Waals surface area contributed by atoms with Crippen molar-refractivity contribution in [2.24, 2.45) is 0 Å². The van der Waals surface area contributed by atoms with Gasteiger partial charge in [-0.05, 0) is 60.6 Å². The minimum absolute atomic E-state index is 0.0158. The van der Waals surface area contributed by atoms with Crippen LogP contribution >= 0.6 is 35.3 Å². The third-order valence-corrected chi connectivity index (χ3v) is 11.1. The molecule has 3 aliphatic heterocycles. The van der Waals surface area contributed by atoms with E-state index in [9.17, 15) is 19.2 Å². The van der Waals surface area contributed by atoms with Gasteiger partial charge < -0.3 is 29.0 Å². The van der Waals surface area contributed by atoms with Crippen molar-refractivity contribution in [3.8, 4) is 5.75 Å². The van der Waals surface area contributed by atoms with Crippen LogP contribution in [0.3, 0.4) is 0 Å². The Labute approximate surface area is 263 Å². The van der Waals surface area contributed by atoms with Crippen LogP contribution in [0.1, 0.15) is 54.0 Å². The molecule has 0 atom stereocenters. The molecular weight excluding hydrogens is 615 g/mol. The van der Waals surface area contributed by atoms with Crippen LogP contribution in [0.25, 0.3) is 5.57 Å². The molecule has 0 aromatic heterocycles. The van der Waals surface area contributed by atoms with Crippen molar-refractivity contribution in [1.29, 1.82) is 0 Å². The Kier molecular flexibility index (Phi) is 10.2. The molecule has 0 unspecified atom stereocenters. The summed E-state index contributed by atoms with van der Waals surface area (Å²) in [6, 6.07) is 5.55.